The summed E-state index contributed by atoms with van der Waals surface area (Å²) in [4.78, 5) is 0. The number of hydrogen-bond donors (Lipinski definition) is 2. The van der Waals surface area contributed by atoms with Crippen molar-refractivity contribution in [3.05, 3.63) is 61.6 Å². The van der Waals surface area contributed by atoms with Crippen molar-refractivity contribution in [2.45, 2.75) is 25.7 Å². The van der Waals surface area contributed by atoms with Crippen molar-refractivity contribution in [3.63, 3.8) is 0 Å². The molecular formula is C14H18N2V8-4. The van der Waals surface area contributed by atoms with Gasteiger partial charge in [0.2, 0.25) is 0 Å². The first-order valence-corrected chi connectivity index (χ1v) is 5.85. The summed E-state index contributed by atoms with van der Waals surface area (Å²) in [6.07, 6.45) is 4.83. The van der Waals surface area contributed by atoms with Crippen LogP contribution >= 0.6 is 0 Å². The molecule has 0 aliphatic carbocycles. The fourth-order valence-corrected chi connectivity index (χ4v) is 1.75. The normalized spacial score (nSPS) is 12.5. The van der Waals surface area contributed by atoms with Crippen LogP contribution in [0.5, 0.6) is 0 Å². The fourth-order valence-electron chi connectivity index (χ4n) is 1.75. The standard InChI is InChI=1S/C9H9N.C5H9N.8V/c1-2-4-9-7-10-6-5-8(9)3-1;1-2-4-6-5-3-1;;;;;;;;/h1-4,6-7,10H,5H2;4-6H,1-3H2;;;;;;;;/q2*-2;;;;;;;;. The first-order valence-electron chi connectivity index (χ1n) is 5.85. The van der Waals surface area contributed by atoms with E-state index >= 15 is 0 Å². The molecule has 0 bridgehead atoms. The van der Waals surface area contributed by atoms with Gasteiger partial charge in [-0.05, 0) is 0 Å². The number of rotatable bonds is 0. The molecular weight excluding hydrogens is 604 g/mol. The number of nitrogens with one attached hydrogen (secondary N) is 2. The third-order valence-corrected chi connectivity index (χ3v) is 2.67. The Bertz CT molecular complexity index is 291. The van der Waals surface area contributed by atoms with Crippen molar-refractivity contribution < 1.29 is 148 Å². The second-order valence-corrected chi connectivity index (χ2v) is 3.92. The molecule has 3 rings (SSSR count). The van der Waals surface area contributed by atoms with E-state index in [-0.39, 0.29) is 148 Å². The van der Waals surface area contributed by atoms with Crippen LogP contribution in [0.4, 0.5) is 0 Å². The second kappa shape index (κ2) is 31.4. The smallest absolute Gasteiger partial charge is 0 e. The summed E-state index contributed by atoms with van der Waals surface area (Å²) in [6.45, 7) is 8.26. The predicted octanol–water partition coefficient (Wildman–Crippen LogP) is 2.57. The fraction of sp³-hybridized carbons (Fsp3) is 0.286. The van der Waals surface area contributed by atoms with Crippen molar-refractivity contribution >= 4 is 0 Å². The molecule has 1 fully saturated rings. The van der Waals surface area contributed by atoms with Gasteiger partial charge in [0.1, 0.15) is 0 Å². The molecule has 2 aliphatic heterocycles. The maximum atomic E-state index is 3.09. The molecule has 0 spiro atoms. The summed E-state index contributed by atoms with van der Waals surface area (Å²) in [5.41, 5.74) is 2.71. The van der Waals surface area contributed by atoms with Gasteiger partial charge in [0.15, 0.2) is 0 Å². The van der Waals surface area contributed by atoms with Gasteiger partial charge in [0.25, 0.3) is 0 Å². The van der Waals surface area contributed by atoms with Crippen LogP contribution in [0.1, 0.15) is 30.4 Å². The van der Waals surface area contributed by atoms with Crippen LogP contribution in [-0.2, 0) is 155 Å². The summed E-state index contributed by atoms with van der Waals surface area (Å²) in [7, 11) is 0. The average Bonchev–Trinajstić information content (AvgIpc) is 2.42. The molecule has 1 saturated heterocycles. The largest absolute Gasteiger partial charge is 0.619 e. The van der Waals surface area contributed by atoms with Crippen molar-refractivity contribution in [3.8, 4) is 0 Å². The number of hydrogen-bond acceptors (Lipinski definition) is 2. The van der Waals surface area contributed by atoms with Crippen LogP contribution in [0.15, 0.2) is 24.3 Å². The van der Waals surface area contributed by atoms with Gasteiger partial charge in [-0.2, -0.15) is 43.0 Å². The van der Waals surface area contributed by atoms with E-state index in [0.717, 1.165) is 6.42 Å². The molecule has 2 aliphatic rings. The molecule has 24 heavy (non-hydrogen) atoms. The zero-order chi connectivity index (χ0) is 11.1. The van der Waals surface area contributed by atoms with Crippen molar-refractivity contribution in [2.24, 2.45) is 0 Å². The van der Waals surface area contributed by atoms with Crippen LogP contribution in [0.3, 0.4) is 0 Å². The molecule has 0 amide bonds. The molecule has 1 aromatic rings. The summed E-state index contributed by atoms with van der Waals surface area (Å²) in [5, 5.41) is 6.13. The van der Waals surface area contributed by atoms with Crippen LogP contribution in [0.2, 0.25) is 0 Å². The molecule has 2 nitrogen and oxygen atoms in total. The van der Waals surface area contributed by atoms with Gasteiger partial charge in [0, 0.05) is 148 Å². The minimum atomic E-state index is 0. The van der Waals surface area contributed by atoms with Gasteiger partial charge in [-0.1, -0.05) is 6.07 Å². The van der Waals surface area contributed by atoms with E-state index in [4.69, 9.17) is 0 Å². The Morgan fingerprint density at radius 2 is 1.21 bits per heavy atom. The maximum absolute atomic E-state index is 3.09. The Kier molecular flexibility index (Phi) is 60.2. The number of piperidine rings is 1. The summed E-state index contributed by atoms with van der Waals surface area (Å²) in [5.74, 6) is 0. The summed E-state index contributed by atoms with van der Waals surface area (Å²) < 4.78 is 0. The van der Waals surface area contributed by atoms with Gasteiger partial charge in [0.05, 0.1) is 0 Å². The molecule has 10 heteroatoms. The molecule has 2 N–H and O–H groups in total. The van der Waals surface area contributed by atoms with Crippen LogP contribution < -0.4 is 10.6 Å². The van der Waals surface area contributed by atoms with E-state index in [1.165, 1.54) is 30.4 Å². The average molecular weight is 622 g/mol. The zero-order valence-electron chi connectivity index (χ0n) is 13.0. The second-order valence-electron chi connectivity index (χ2n) is 3.92. The Balaban J connectivity index is -0.0000000380. The van der Waals surface area contributed by atoms with E-state index in [1.807, 2.05) is 6.54 Å². The van der Waals surface area contributed by atoms with E-state index in [9.17, 15) is 0 Å². The molecule has 0 unspecified atom stereocenters. The first kappa shape index (κ1) is 46.1. The minimum Gasteiger partial charge on any atom is -0.619 e. The van der Waals surface area contributed by atoms with Crippen LogP contribution in [0.25, 0.3) is 0 Å². The third-order valence-electron chi connectivity index (χ3n) is 2.67. The van der Waals surface area contributed by atoms with Crippen molar-refractivity contribution in [2.75, 3.05) is 0 Å². The Labute approximate surface area is 243 Å². The van der Waals surface area contributed by atoms with Crippen molar-refractivity contribution in [1.82, 2.24) is 10.6 Å². The molecule has 2 heterocycles. The zero-order valence-corrected chi connectivity index (χ0v) is 24.2. The SMILES string of the molecule is [CH-]1CCC[CH-]N1.[V].[V].[V].[V].[V].[V].[V].[V].c1ccc2c(c1)[CH-]N[CH-]C2. The van der Waals surface area contributed by atoms with Crippen molar-refractivity contribution in [1.29, 1.82) is 0 Å². The molecule has 0 atom stereocenters. The Morgan fingerprint density at radius 3 is 1.62 bits per heavy atom. The first-order chi connectivity index (χ1) is 7.97. The molecule has 128 valence electrons. The molecule has 8 radical (unpaired) electrons. The topological polar surface area (TPSA) is 24.1 Å². The van der Waals surface area contributed by atoms with Crippen LogP contribution in [-0.4, -0.2) is 0 Å². The minimum absolute atomic E-state index is 0. The monoisotopic (exact) mass is 622 g/mol. The van der Waals surface area contributed by atoms with Gasteiger partial charge >= 0.3 is 0 Å². The van der Waals surface area contributed by atoms with Gasteiger partial charge < -0.3 is 23.7 Å². The van der Waals surface area contributed by atoms with Gasteiger partial charge in [-0.15, -0.1) is 18.6 Å². The van der Waals surface area contributed by atoms with Gasteiger partial charge in [-0.25, -0.2) is 0 Å². The molecule has 0 saturated carbocycles. The maximum Gasteiger partial charge on any atom is 0 e. The summed E-state index contributed by atoms with van der Waals surface area (Å²) >= 11 is 0. The Hall–Kier alpha value is 3.69. The third kappa shape index (κ3) is 20.4. The van der Waals surface area contributed by atoms with E-state index in [0.29, 0.717) is 0 Å². The van der Waals surface area contributed by atoms with E-state index in [2.05, 4.69) is 54.5 Å². The number of fused-ring (bicyclic) bond motifs is 1. The molecule has 1 aromatic carbocycles. The predicted molar refractivity (Wildman–Crippen MR) is 66.6 cm³/mol. The molecule has 0 aromatic heterocycles. The van der Waals surface area contributed by atoms with E-state index in [1.54, 1.807) is 0 Å². The van der Waals surface area contributed by atoms with Crippen LogP contribution in [0, 0.1) is 26.2 Å². The quantitative estimate of drug-likeness (QED) is 0.436. The summed E-state index contributed by atoms with van der Waals surface area (Å²) in [6, 6.07) is 8.41. The number of benzene rings is 1. The van der Waals surface area contributed by atoms with Gasteiger partial charge in [-0.3, -0.25) is 6.54 Å². The Morgan fingerprint density at radius 1 is 0.667 bits per heavy atom. The van der Waals surface area contributed by atoms with E-state index < -0.39 is 0 Å².